The van der Waals surface area contributed by atoms with Crippen LogP contribution in [0.2, 0.25) is 0 Å². The van der Waals surface area contributed by atoms with Crippen LogP contribution in [0.25, 0.3) is 11.3 Å². The fourth-order valence-corrected chi connectivity index (χ4v) is 4.50. The van der Waals surface area contributed by atoms with Gasteiger partial charge in [-0.1, -0.05) is 44.5 Å². The molecule has 3 aromatic rings. The van der Waals surface area contributed by atoms with Gasteiger partial charge in [0.2, 0.25) is 11.9 Å². The minimum Gasteiger partial charge on any atom is -0.481 e. The lowest BCUT2D eigenvalue weighted by molar-refractivity contribution is -0.146. The van der Waals surface area contributed by atoms with Crippen molar-refractivity contribution < 1.29 is 19.1 Å². The second-order valence-corrected chi connectivity index (χ2v) is 8.79. The van der Waals surface area contributed by atoms with E-state index in [1.54, 1.807) is 18.3 Å². The number of carbonyl (C=O) groups is 2. The van der Waals surface area contributed by atoms with Crippen molar-refractivity contribution in [3.05, 3.63) is 71.4 Å². The van der Waals surface area contributed by atoms with Crippen molar-refractivity contribution in [2.75, 3.05) is 0 Å². The molecule has 33 heavy (non-hydrogen) atoms. The van der Waals surface area contributed by atoms with Crippen LogP contribution in [0.15, 0.2) is 48.7 Å². The Labute approximate surface area is 191 Å². The molecule has 3 atom stereocenters. The largest absolute Gasteiger partial charge is 0.481 e. The van der Waals surface area contributed by atoms with Crippen molar-refractivity contribution in [3.8, 4) is 11.3 Å². The maximum atomic E-state index is 14.8. The Kier molecular flexibility index (Phi) is 6.53. The summed E-state index contributed by atoms with van der Waals surface area (Å²) in [7, 11) is 0. The van der Waals surface area contributed by atoms with E-state index in [1.165, 1.54) is 0 Å². The van der Waals surface area contributed by atoms with E-state index in [2.05, 4.69) is 20.5 Å². The average Bonchev–Trinajstić information content (AvgIpc) is 3.49. The zero-order valence-electron chi connectivity index (χ0n) is 18.6. The molecule has 2 aromatic heterocycles. The lowest BCUT2D eigenvalue weighted by Crippen LogP contribution is -2.38. The molecule has 1 fully saturated rings. The molecular weight excluding hydrogens is 423 g/mol. The van der Waals surface area contributed by atoms with Crippen molar-refractivity contribution in [1.29, 1.82) is 0 Å². The highest BCUT2D eigenvalue weighted by Gasteiger charge is 2.38. The van der Waals surface area contributed by atoms with Gasteiger partial charge in [0.1, 0.15) is 0 Å². The number of aromatic amines is 1. The Morgan fingerprint density at radius 3 is 2.61 bits per heavy atom. The molecule has 0 bridgehead atoms. The van der Waals surface area contributed by atoms with Crippen LogP contribution in [-0.2, 0) is 9.59 Å². The van der Waals surface area contributed by atoms with Crippen molar-refractivity contribution in [2.24, 2.45) is 11.8 Å². The number of amides is 1. The number of aromatic nitrogens is 3. The summed E-state index contributed by atoms with van der Waals surface area (Å²) in [6.07, 6.45) is 3.32. The summed E-state index contributed by atoms with van der Waals surface area (Å²) in [5, 5.41) is 19.4. The fourth-order valence-electron chi connectivity index (χ4n) is 4.50. The first-order chi connectivity index (χ1) is 15.8. The predicted octanol–water partition coefficient (Wildman–Crippen LogP) is 4.44. The lowest BCUT2D eigenvalue weighted by Gasteiger charge is -2.23. The Bertz CT molecular complexity index is 1150. The average molecular weight is 451 g/mol. The van der Waals surface area contributed by atoms with Gasteiger partial charge in [0.15, 0.2) is 0 Å². The van der Waals surface area contributed by atoms with Crippen molar-refractivity contribution in [3.63, 3.8) is 0 Å². The molecule has 1 amide bonds. The van der Waals surface area contributed by atoms with Gasteiger partial charge in [-0.2, -0.15) is 9.49 Å². The van der Waals surface area contributed by atoms with E-state index < -0.39 is 29.8 Å². The van der Waals surface area contributed by atoms with E-state index in [4.69, 9.17) is 0 Å². The fraction of sp³-hybridized carbons (Fsp3) is 0.360. The van der Waals surface area contributed by atoms with Gasteiger partial charge in [0.25, 0.3) is 0 Å². The van der Waals surface area contributed by atoms with Gasteiger partial charge in [-0.25, -0.2) is 4.98 Å². The predicted molar refractivity (Wildman–Crippen MR) is 121 cm³/mol. The number of nitrogens with one attached hydrogen (secondary N) is 2. The second-order valence-electron chi connectivity index (χ2n) is 8.79. The van der Waals surface area contributed by atoms with Gasteiger partial charge >= 0.3 is 5.97 Å². The number of carbonyl (C=O) groups excluding carboxylic acids is 1. The summed E-state index contributed by atoms with van der Waals surface area (Å²) in [4.78, 5) is 29.0. The first-order valence-electron chi connectivity index (χ1n) is 11.1. The number of carboxylic acid groups (broad SMARTS) is 1. The van der Waals surface area contributed by atoms with Crippen molar-refractivity contribution >= 4 is 11.9 Å². The maximum Gasteiger partial charge on any atom is 0.307 e. The number of nitrogens with zero attached hydrogens (tertiary/aromatic N) is 2. The lowest BCUT2D eigenvalue weighted by atomic mass is 9.93. The van der Waals surface area contributed by atoms with Gasteiger partial charge in [0.05, 0.1) is 29.3 Å². The number of pyridine rings is 1. The van der Waals surface area contributed by atoms with Crippen LogP contribution >= 0.6 is 0 Å². The van der Waals surface area contributed by atoms with Gasteiger partial charge in [-0.3, -0.25) is 14.7 Å². The number of rotatable bonds is 7. The van der Waals surface area contributed by atoms with Gasteiger partial charge < -0.3 is 10.4 Å². The first-order valence-corrected chi connectivity index (χ1v) is 11.1. The molecule has 1 aliphatic rings. The topological polar surface area (TPSA) is 108 Å². The molecule has 7 nitrogen and oxygen atoms in total. The number of halogens is 1. The van der Waals surface area contributed by atoms with Crippen LogP contribution in [0, 0.1) is 17.8 Å². The highest BCUT2D eigenvalue weighted by molar-refractivity contribution is 5.85. The van der Waals surface area contributed by atoms with Crippen LogP contribution in [0.5, 0.6) is 0 Å². The number of carboxylic acids is 1. The Balaban J connectivity index is 1.71. The van der Waals surface area contributed by atoms with Crippen LogP contribution < -0.4 is 5.32 Å². The molecule has 1 aromatic carbocycles. The SMILES string of the molecule is CC(C)c1ccc(C(NC(=O)C2CCCC2C(=O)O)c2cccc(-c3ccn[nH]3)c2)nc1F. The van der Waals surface area contributed by atoms with E-state index in [0.29, 0.717) is 36.1 Å². The Morgan fingerprint density at radius 2 is 1.94 bits per heavy atom. The number of hydrogen-bond acceptors (Lipinski definition) is 4. The maximum absolute atomic E-state index is 14.8. The zero-order valence-corrected chi connectivity index (χ0v) is 18.6. The minimum atomic E-state index is -0.962. The summed E-state index contributed by atoms with van der Waals surface area (Å²) in [5.41, 5.74) is 3.23. The highest BCUT2D eigenvalue weighted by Crippen LogP contribution is 2.34. The third-order valence-corrected chi connectivity index (χ3v) is 6.31. The molecule has 3 unspecified atom stereocenters. The van der Waals surface area contributed by atoms with E-state index in [1.807, 2.05) is 44.2 Å². The molecule has 0 radical (unpaired) electrons. The van der Waals surface area contributed by atoms with E-state index in [9.17, 15) is 19.1 Å². The summed E-state index contributed by atoms with van der Waals surface area (Å²) in [6.45, 7) is 3.78. The van der Waals surface area contributed by atoms with Gasteiger partial charge in [-0.05, 0) is 48.1 Å². The molecule has 3 N–H and O–H groups in total. The zero-order chi connectivity index (χ0) is 23.5. The number of hydrogen-bond donors (Lipinski definition) is 3. The highest BCUT2D eigenvalue weighted by atomic mass is 19.1. The molecule has 0 aliphatic heterocycles. The number of benzene rings is 1. The number of aliphatic carboxylic acids is 1. The van der Waals surface area contributed by atoms with Crippen LogP contribution in [0.1, 0.15) is 61.9 Å². The van der Waals surface area contributed by atoms with Crippen LogP contribution in [-0.4, -0.2) is 32.2 Å². The van der Waals surface area contributed by atoms with E-state index in [-0.39, 0.29) is 11.8 Å². The van der Waals surface area contributed by atoms with E-state index in [0.717, 1.165) is 11.3 Å². The third kappa shape index (κ3) is 4.79. The van der Waals surface area contributed by atoms with Crippen LogP contribution in [0.3, 0.4) is 0 Å². The molecular formula is C25H27FN4O3. The second kappa shape index (κ2) is 9.52. The quantitative estimate of drug-likeness (QED) is 0.461. The summed E-state index contributed by atoms with van der Waals surface area (Å²) in [6, 6.07) is 12.0. The molecule has 0 spiro atoms. The normalized spacial score (nSPS) is 18.9. The van der Waals surface area contributed by atoms with Crippen LogP contribution in [0.4, 0.5) is 4.39 Å². The summed E-state index contributed by atoms with van der Waals surface area (Å²) < 4.78 is 14.8. The Morgan fingerprint density at radius 1 is 1.15 bits per heavy atom. The monoisotopic (exact) mass is 450 g/mol. The van der Waals surface area contributed by atoms with Crippen molar-refractivity contribution in [1.82, 2.24) is 20.5 Å². The molecule has 0 saturated heterocycles. The summed E-state index contributed by atoms with van der Waals surface area (Å²) in [5.74, 6) is -3.26. The molecule has 4 rings (SSSR count). The smallest absolute Gasteiger partial charge is 0.307 e. The third-order valence-electron chi connectivity index (χ3n) is 6.31. The standard InChI is InChI=1S/C25H27FN4O3/c1-14(2)17-9-10-21(28-23(17)26)22(29-24(31)18-7-4-8-19(18)25(32)33)16-6-3-5-15(13-16)20-11-12-27-30-20/h3,5-6,9-14,18-19,22H,4,7-8H2,1-2H3,(H,27,30)(H,29,31)(H,32,33). The first kappa shape index (κ1) is 22.6. The summed E-state index contributed by atoms with van der Waals surface area (Å²) >= 11 is 0. The van der Waals surface area contributed by atoms with E-state index >= 15 is 0 Å². The van der Waals surface area contributed by atoms with Gasteiger partial charge in [-0.15, -0.1) is 0 Å². The number of H-pyrrole nitrogens is 1. The molecule has 2 heterocycles. The molecule has 1 saturated carbocycles. The molecule has 1 aliphatic carbocycles. The molecule has 8 heteroatoms. The van der Waals surface area contributed by atoms with Gasteiger partial charge in [0, 0.05) is 11.8 Å². The Hall–Kier alpha value is -3.55. The van der Waals surface area contributed by atoms with Crippen molar-refractivity contribution in [2.45, 2.75) is 45.1 Å². The molecule has 172 valence electrons. The minimum absolute atomic E-state index is 0.0295.